The second-order valence-corrected chi connectivity index (χ2v) is 5.18. The molecule has 0 amide bonds. The normalized spacial score (nSPS) is 28.1. The Kier molecular flexibility index (Phi) is 2.99. The lowest BCUT2D eigenvalue weighted by Gasteiger charge is -2.35. The third-order valence-electron chi connectivity index (χ3n) is 3.50. The first-order valence-corrected chi connectivity index (χ1v) is 6.38. The van der Waals surface area contributed by atoms with Gasteiger partial charge in [-0.3, -0.25) is 9.69 Å². The van der Waals surface area contributed by atoms with Crippen LogP contribution in [0.3, 0.4) is 0 Å². The molecule has 5 heteroatoms. The highest BCUT2D eigenvalue weighted by molar-refractivity contribution is 7.07. The number of nitrogens with zero attached hydrogens (tertiary/aromatic N) is 2. The predicted molar refractivity (Wildman–Crippen MR) is 62.5 cm³/mol. The number of carbonyl (C=O) groups is 1. The summed E-state index contributed by atoms with van der Waals surface area (Å²) >= 11 is 1.55. The number of hydrogen-bond donors (Lipinski definition) is 1. The maximum absolute atomic E-state index is 11.3. The number of carboxylic acids is 1. The van der Waals surface area contributed by atoms with Crippen molar-refractivity contribution in [1.29, 1.82) is 0 Å². The largest absolute Gasteiger partial charge is 0.480 e. The Labute approximate surface area is 98.9 Å². The Morgan fingerprint density at radius 1 is 1.75 bits per heavy atom. The molecule has 0 saturated carbocycles. The van der Waals surface area contributed by atoms with Gasteiger partial charge in [-0.2, -0.15) is 0 Å². The lowest BCUT2D eigenvalue weighted by atomic mass is 9.97. The Hall–Kier alpha value is -0.940. The van der Waals surface area contributed by atoms with Crippen LogP contribution in [0.2, 0.25) is 0 Å². The molecule has 88 valence electrons. The van der Waals surface area contributed by atoms with Gasteiger partial charge in [0, 0.05) is 5.38 Å². The molecule has 0 bridgehead atoms. The van der Waals surface area contributed by atoms with Crippen LogP contribution in [-0.4, -0.2) is 33.0 Å². The summed E-state index contributed by atoms with van der Waals surface area (Å²) in [6.45, 7) is 4.67. The zero-order chi connectivity index (χ0) is 11.8. The zero-order valence-corrected chi connectivity index (χ0v) is 10.3. The summed E-state index contributed by atoms with van der Waals surface area (Å²) in [6.07, 6.45) is 1.66. The molecule has 0 aliphatic carbocycles. The molecule has 0 radical (unpaired) electrons. The number of aromatic nitrogens is 1. The fourth-order valence-corrected chi connectivity index (χ4v) is 3.06. The van der Waals surface area contributed by atoms with E-state index in [0.29, 0.717) is 0 Å². The Bertz CT molecular complexity index is 379. The lowest BCUT2D eigenvalue weighted by molar-refractivity contribution is -0.149. The highest BCUT2D eigenvalue weighted by Gasteiger charge is 2.45. The number of carboxylic acid groups (broad SMARTS) is 1. The number of hydrogen-bond acceptors (Lipinski definition) is 4. The van der Waals surface area contributed by atoms with Crippen molar-refractivity contribution in [2.45, 2.75) is 38.3 Å². The van der Waals surface area contributed by atoms with Crippen LogP contribution in [-0.2, 0) is 4.79 Å². The lowest BCUT2D eigenvalue weighted by Crippen LogP contribution is -2.48. The minimum Gasteiger partial charge on any atom is -0.480 e. The summed E-state index contributed by atoms with van der Waals surface area (Å²) < 4.78 is 0. The summed E-state index contributed by atoms with van der Waals surface area (Å²) in [5.74, 6) is -0.730. The van der Waals surface area contributed by atoms with Crippen LogP contribution in [0.25, 0.3) is 0 Å². The standard InChI is InChI=1S/C11H16N2O2S/c1-8(9-6-16-7-12-9)13-5-3-4-11(13,2)10(14)15/h6-8H,3-5H2,1-2H3,(H,14,15). The molecule has 16 heavy (non-hydrogen) atoms. The van der Waals surface area contributed by atoms with Crippen LogP contribution in [0.15, 0.2) is 10.9 Å². The molecule has 1 aliphatic heterocycles. The highest BCUT2D eigenvalue weighted by atomic mass is 32.1. The molecule has 2 rings (SSSR count). The van der Waals surface area contributed by atoms with E-state index in [1.807, 2.05) is 24.1 Å². The quantitative estimate of drug-likeness (QED) is 0.879. The molecular weight excluding hydrogens is 224 g/mol. The molecule has 0 aromatic carbocycles. The van der Waals surface area contributed by atoms with Crippen molar-refractivity contribution in [3.63, 3.8) is 0 Å². The minimum atomic E-state index is -0.733. The van der Waals surface area contributed by atoms with Crippen molar-refractivity contribution in [1.82, 2.24) is 9.88 Å². The van der Waals surface area contributed by atoms with Crippen LogP contribution in [0.5, 0.6) is 0 Å². The van der Waals surface area contributed by atoms with Gasteiger partial charge < -0.3 is 5.11 Å². The molecule has 4 nitrogen and oxygen atoms in total. The number of likely N-dealkylation sites (tertiary alicyclic amines) is 1. The molecule has 1 aromatic heterocycles. The predicted octanol–water partition coefficient (Wildman–Crippen LogP) is 2.14. The van der Waals surface area contributed by atoms with Crippen LogP contribution in [0, 0.1) is 0 Å². The van der Waals surface area contributed by atoms with Crippen molar-refractivity contribution in [3.8, 4) is 0 Å². The summed E-state index contributed by atoms with van der Waals surface area (Å²) in [7, 11) is 0. The molecular formula is C11H16N2O2S. The van der Waals surface area contributed by atoms with Crippen LogP contribution < -0.4 is 0 Å². The van der Waals surface area contributed by atoms with Gasteiger partial charge in [0.25, 0.3) is 0 Å². The van der Waals surface area contributed by atoms with E-state index in [2.05, 4.69) is 4.98 Å². The fourth-order valence-electron chi connectivity index (χ4n) is 2.42. The molecule has 0 spiro atoms. The van der Waals surface area contributed by atoms with Gasteiger partial charge in [0.2, 0.25) is 0 Å². The Morgan fingerprint density at radius 3 is 3.06 bits per heavy atom. The maximum Gasteiger partial charge on any atom is 0.323 e. The van der Waals surface area contributed by atoms with Gasteiger partial charge in [0.05, 0.1) is 17.2 Å². The van der Waals surface area contributed by atoms with Gasteiger partial charge in [-0.1, -0.05) is 0 Å². The van der Waals surface area contributed by atoms with Gasteiger partial charge in [-0.05, 0) is 33.2 Å². The van der Waals surface area contributed by atoms with Crippen LogP contribution in [0.4, 0.5) is 0 Å². The van der Waals surface area contributed by atoms with Gasteiger partial charge in [-0.25, -0.2) is 4.98 Å². The fraction of sp³-hybridized carbons (Fsp3) is 0.636. The van der Waals surface area contributed by atoms with Crippen molar-refractivity contribution in [2.75, 3.05) is 6.54 Å². The van der Waals surface area contributed by atoms with E-state index in [-0.39, 0.29) is 6.04 Å². The monoisotopic (exact) mass is 240 g/mol. The molecule has 1 saturated heterocycles. The van der Waals surface area contributed by atoms with Gasteiger partial charge in [0.1, 0.15) is 5.54 Å². The molecule has 1 fully saturated rings. The SMILES string of the molecule is CC(c1cscn1)N1CCCC1(C)C(=O)O. The van der Waals surface area contributed by atoms with Gasteiger partial charge >= 0.3 is 5.97 Å². The zero-order valence-electron chi connectivity index (χ0n) is 9.51. The first-order chi connectivity index (χ1) is 7.55. The number of rotatable bonds is 3. The maximum atomic E-state index is 11.3. The first kappa shape index (κ1) is 11.5. The average molecular weight is 240 g/mol. The van der Waals surface area contributed by atoms with Gasteiger partial charge in [-0.15, -0.1) is 11.3 Å². The van der Waals surface area contributed by atoms with Crippen LogP contribution in [0.1, 0.15) is 38.4 Å². The van der Waals surface area contributed by atoms with E-state index in [1.165, 1.54) is 0 Å². The number of aliphatic carboxylic acids is 1. The summed E-state index contributed by atoms with van der Waals surface area (Å²) in [5, 5.41) is 11.3. The molecule has 1 aliphatic rings. The van der Waals surface area contributed by atoms with Gasteiger partial charge in [0.15, 0.2) is 0 Å². The first-order valence-electron chi connectivity index (χ1n) is 5.44. The third-order valence-corrected chi connectivity index (χ3v) is 4.11. The van der Waals surface area contributed by atoms with E-state index >= 15 is 0 Å². The number of thiazole rings is 1. The van der Waals surface area contributed by atoms with Crippen molar-refractivity contribution in [2.24, 2.45) is 0 Å². The van der Waals surface area contributed by atoms with E-state index in [1.54, 1.807) is 16.8 Å². The smallest absolute Gasteiger partial charge is 0.323 e. The molecule has 2 unspecified atom stereocenters. The Balaban J connectivity index is 2.24. The molecule has 2 atom stereocenters. The summed E-state index contributed by atoms with van der Waals surface area (Å²) in [5.41, 5.74) is 2.03. The van der Waals surface area contributed by atoms with Crippen molar-refractivity contribution < 1.29 is 9.90 Å². The summed E-state index contributed by atoms with van der Waals surface area (Å²) in [4.78, 5) is 17.7. The van der Waals surface area contributed by atoms with Crippen molar-refractivity contribution >= 4 is 17.3 Å². The minimum absolute atomic E-state index is 0.0786. The van der Waals surface area contributed by atoms with E-state index < -0.39 is 11.5 Å². The molecule has 1 aromatic rings. The van der Waals surface area contributed by atoms with E-state index in [4.69, 9.17) is 0 Å². The van der Waals surface area contributed by atoms with E-state index in [0.717, 1.165) is 25.1 Å². The summed E-state index contributed by atoms with van der Waals surface area (Å²) in [6, 6.07) is 0.0786. The highest BCUT2D eigenvalue weighted by Crippen LogP contribution is 2.36. The molecule has 1 N–H and O–H groups in total. The van der Waals surface area contributed by atoms with Crippen molar-refractivity contribution in [3.05, 3.63) is 16.6 Å². The third kappa shape index (κ3) is 1.74. The Morgan fingerprint density at radius 2 is 2.50 bits per heavy atom. The second kappa shape index (κ2) is 4.14. The average Bonchev–Trinajstić information content (AvgIpc) is 2.85. The van der Waals surface area contributed by atoms with Crippen LogP contribution >= 0.6 is 11.3 Å². The second-order valence-electron chi connectivity index (χ2n) is 4.47. The topological polar surface area (TPSA) is 53.4 Å². The molecule has 2 heterocycles. The van der Waals surface area contributed by atoms with E-state index in [9.17, 15) is 9.90 Å².